The second kappa shape index (κ2) is 5.39. The zero-order valence-electron chi connectivity index (χ0n) is 14.3. The van der Waals surface area contributed by atoms with Crippen LogP contribution in [-0.2, 0) is 20.5 Å². The predicted molar refractivity (Wildman–Crippen MR) is 87.3 cm³/mol. The van der Waals surface area contributed by atoms with Crippen LogP contribution in [0.25, 0.3) is 0 Å². The Morgan fingerprint density at radius 1 is 1.09 bits per heavy atom. The molecule has 1 aliphatic rings. The molecule has 1 aliphatic heterocycles. The van der Waals surface area contributed by atoms with Crippen LogP contribution in [0.15, 0.2) is 24.3 Å². The molecule has 1 heterocycles. The molecule has 0 aromatic heterocycles. The summed E-state index contributed by atoms with van der Waals surface area (Å²) in [5.74, 6) is -0.789. The Hall–Kier alpha value is -1.33. The Labute approximate surface area is 133 Å². The van der Waals surface area contributed by atoms with E-state index in [2.05, 4.69) is 0 Å². The zero-order chi connectivity index (χ0) is 16.8. The Balaban J connectivity index is 2.12. The third-order valence-electron chi connectivity index (χ3n) is 4.73. The van der Waals surface area contributed by atoms with Crippen LogP contribution in [0.4, 0.5) is 0 Å². The van der Waals surface area contributed by atoms with Crippen LogP contribution in [-0.4, -0.2) is 29.4 Å². The molecule has 0 spiro atoms. The third kappa shape index (κ3) is 3.20. The molecule has 1 fully saturated rings. The van der Waals surface area contributed by atoms with Crippen LogP contribution in [0.5, 0.6) is 0 Å². The minimum Gasteiger partial charge on any atom is -0.481 e. The minimum absolute atomic E-state index is 0.359. The fourth-order valence-corrected chi connectivity index (χ4v) is 2.36. The van der Waals surface area contributed by atoms with Crippen molar-refractivity contribution in [1.29, 1.82) is 0 Å². The van der Waals surface area contributed by atoms with E-state index in [0.29, 0.717) is 6.42 Å². The summed E-state index contributed by atoms with van der Waals surface area (Å²) in [6.07, 6.45) is 0.492. The molecule has 0 unspecified atom stereocenters. The molecule has 0 atom stereocenters. The predicted octanol–water partition coefficient (Wildman–Crippen LogP) is 2.64. The van der Waals surface area contributed by atoms with E-state index in [1.54, 1.807) is 13.8 Å². The maximum atomic E-state index is 11.2. The van der Waals surface area contributed by atoms with Crippen LogP contribution >= 0.6 is 0 Å². The molecule has 120 valence electrons. The van der Waals surface area contributed by atoms with Crippen molar-refractivity contribution in [3.8, 4) is 0 Å². The van der Waals surface area contributed by atoms with Crippen molar-refractivity contribution in [3.63, 3.8) is 0 Å². The van der Waals surface area contributed by atoms with Gasteiger partial charge in [0.25, 0.3) is 0 Å². The Morgan fingerprint density at radius 2 is 1.55 bits per heavy atom. The summed E-state index contributed by atoms with van der Waals surface area (Å²) >= 11 is 0. The van der Waals surface area contributed by atoms with E-state index >= 15 is 0 Å². The maximum absolute atomic E-state index is 11.2. The molecule has 4 nitrogen and oxygen atoms in total. The summed E-state index contributed by atoms with van der Waals surface area (Å²) in [4.78, 5) is 11.2. The molecule has 1 aromatic carbocycles. The molecule has 0 aliphatic carbocycles. The van der Waals surface area contributed by atoms with Gasteiger partial charge in [-0.1, -0.05) is 24.3 Å². The summed E-state index contributed by atoms with van der Waals surface area (Å²) in [6.45, 7) is 11.6. The molecular weight excluding hydrogens is 279 g/mol. The molecule has 1 saturated heterocycles. The lowest BCUT2D eigenvalue weighted by molar-refractivity contribution is -0.146. The molecule has 0 radical (unpaired) electrons. The lowest BCUT2D eigenvalue weighted by Gasteiger charge is -2.32. The number of benzene rings is 1. The summed E-state index contributed by atoms with van der Waals surface area (Å²) in [6, 6.07) is 7.81. The van der Waals surface area contributed by atoms with Crippen molar-refractivity contribution in [2.24, 2.45) is 5.41 Å². The summed E-state index contributed by atoms with van der Waals surface area (Å²) in [7, 11) is -0.383. The highest BCUT2D eigenvalue weighted by Gasteiger charge is 2.51. The summed E-state index contributed by atoms with van der Waals surface area (Å²) in [5.41, 5.74) is 0.456. The van der Waals surface area contributed by atoms with E-state index in [1.807, 2.05) is 52.0 Å². The lowest BCUT2D eigenvalue weighted by Crippen LogP contribution is -2.41. The maximum Gasteiger partial charge on any atom is 0.494 e. The normalized spacial score (nSPS) is 20.2. The van der Waals surface area contributed by atoms with Gasteiger partial charge in [0.2, 0.25) is 0 Å². The zero-order valence-corrected chi connectivity index (χ0v) is 14.3. The molecular formula is C17H25BO4. The van der Waals surface area contributed by atoms with E-state index in [0.717, 1.165) is 11.0 Å². The van der Waals surface area contributed by atoms with Crippen molar-refractivity contribution in [1.82, 2.24) is 0 Å². The number of aliphatic carboxylic acids is 1. The fraction of sp³-hybridized carbons (Fsp3) is 0.588. The first-order valence-corrected chi connectivity index (χ1v) is 7.62. The molecule has 0 saturated carbocycles. The molecule has 1 N–H and O–H groups in total. The molecule has 5 heteroatoms. The number of hydrogen-bond acceptors (Lipinski definition) is 3. The van der Waals surface area contributed by atoms with Gasteiger partial charge in [-0.3, -0.25) is 4.79 Å². The lowest BCUT2D eigenvalue weighted by atomic mass is 9.78. The first kappa shape index (κ1) is 17.0. The van der Waals surface area contributed by atoms with E-state index in [4.69, 9.17) is 9.31 Å². The van der Waals surface area contributed by atoms with Gasteiger partial charge in [-0.2, -0.15) is 0 Å². The largest absolute Gasteiger partial charge is 0.494 e. The number of hydrogen-bond donors (Lipinski definition) is 1. The monoisotopic (exact) mass is 304 g/mol. The molecule has 22 heavy (non-hydrogen) atoms. The highest BCUT2D eigenvalue weighted by atomic mass is 16.7. The van der Waals surface area contributed by atoms with Gasteiger partial charge >= 0.3 is 13.1 Å². The van der Waals surface area contributed by atoms with Gasteiger partial charge < -0.3 is 14.4 Å². The first-order chi connectivity index (χ1) is 9.95. The highest BCUT2D eigenvalue weighted by Crippen LogP contribution is 2.36. The van der Waals surface area contributed by atoms with Crippen LogP contribution in [0, 0.1) is 5.41 Å². The van der Waals surface area contributed by atoms with Crippen molar-refractivity contribution in [3.05, 3.63) is 29.8 Å². The summed E-state index contributed by atoms with van der Waals surface area (Å²) in [5, 5.41) is 9.21. The number of carboxylic acid groups (broad SMARTS) is 1. The Kier molecular flexibility index (Phi) is 4.17. The Morgan fingerprint density at radius 3 is 1.95 bits per heavy atom. The van der Waals surface area contributed by atoms with Gasteiger partial charge in [-0.05, 0) is 59.0 Å². The average molecular weight is 304 g/mol. The molecule has 0 amide bonds. The molecule has 2 rings (SSSR count). The topological polar surface area (TPSA) is 55.8 Å². The number of carbonyl (C=O) groups is 1. The fourth-order valence-electron chi connectivity index (χ4n) is 2.36. The first-order valence-electron chi connectivity index (χ1n) is 7.62. The third-order valence-corrected chi connectivity index (χ3v) is 4.73. The van der Waals surface area contributed by atoms with Crippen molar-refractivity contribution in [2.75, 3.05) is 0 Å². The van der Waals surface area contributed by atoms with Crippen LogP contribution in [0.3, 0.4) is 0 Å². The molecule has 1 aromatic rings. The van der Waals surface area contributed by atoms with Gasteiger partial charge in [0.1, 0.15) is 0 Å². The number of carboxylic acids is 1. The van der Waals surface area contributed by atoms with Gasteiger partial charge in [-0.25, -0.2) is 0 Å². The standard InChI is InChI=1S/C17H25BO4/c1-15(2,14(19)20)11-12-7-9-13(10-8-12)18-21-16(3,4)17(5,6)22-18/h7-10H,11H2,1-6H3,(H,19,20). The van der Waals surface area contributed by atoms with Crippen molar-refractivity contribution in [2.45, 2.75) is 59.2 Å². The van der Waals surface area contributed by atoms with E-state index in [-0.39, 0.29) is 18.3 Å². The second-order valence-corrected chi connectivity index (χ2v) is 7.70. The van der Waals surface area contributed by atoms with Crippen LogP contribution in [0.1, 0.15) is 47.1 Å². The minimum atomic E-state index is -0.789. The second-order valence-electron chi connectivity index (χ2n) is 7.70. The van der Waals surface area contributed by atoms with E-state index < -0.39 is 11.4 Å². The average Bonchev–Trinajstić information content (AvgIpc) is 2.58. The van der Waals surface area contributed by atoms with Gasteiger partial charge in [-0.15, -0.1) is 0 Å². The highest BCUT2D eigenvalue weighted by molar-refractivity contribution is 6.62. The molecule has 0 bridgehead atoms. The van der Waals surface area contributed by atoms with Crippen LogP contribution in [0.2, 0.25) is 0 Å². The van der Waals surface area contributed by atoms with Gasteiger partial charge in [0.05, 0.1) is 16.6 Å². The summed E-state index contributed by atoms with van der Waals surface area (Å²) < 4.78 is 12.0. The number of rotatable bonds is 4. The van der Waals surface area contributed by atoms with Crippen LogP contribution < -0.4 is 5.46 Å². The SMILES string of the molecule is CC(C)(Cc1ccc(B2OC(C)(C)C(C)(C)O2)cc1)C(=O)O. The van der Waals surface area contributed by atoms with E-state index in [1.165, 1.54) is 0 Å². The van der Waals surface area contributed by atoms with Crippen molar-refractivity contribution >= 4 is 18.6 Å². The smallest absolute Gasteiger partial charge is 0.481 e. The van der Waals surface area contributed by atoms with Crippen molar-refractivity contribution < 1.29 is 19.2 Å². The van der Waals surface area contributed by atoms with Gasteiger partial charge in [0.15, 0.2) is 0 Å². The van der Waals surface area contributed by atoms with E-state index in [9.17, 15) is 9.90 Å². The quantitative estimate of drug-likeness (QED) is 0.869. The Bertz CT molecular complexity index is 545. The van der Waals surface area contributed by atoms with Gasteiger partial charge in [0, 0.05) is 0 Å².